The molecular formula is C17H21FN2O. The molecule has 0 aliphatic heterocycles. The number of anilines is 1. The molecule has 112 valence electrons. The van der Waals surface area contributed by atoms with E-state index < -0.39 is 0 Å². The maximum absolute atomic E-state index is 13.4. The van der Waals surface area contributed by atoms with Crippen LogP contribution in [0.2, 0.25) is 0 Å². The molecule has 2 rings (SSSR count). The van der Waals surface area contributed by atoms with Gasteiger partial charge in [0.15, 0.2) is 0 Å². The Labute approximate surface area is 125 Å². The molecule has 0 saturated carbocycles. The van der Waals surface area contributed by atoms with Crippen LogP contribution >= 0.6 is 0 Å². The van der Waals surface area contributed by atoms with Gasteiger partial charge in [0.1, 0.15) is 11.6 Å². The minimum Gasteiger partial charge on any atom is -0.497 e. The van der Waals surface area contributed by atoms with Gasteiger partial charge in [0, 0.05) is 19.6 Å². The summed E-state index contributed by atoms with van der Waals surface area (Å²) >= 11 is 0. The van der Waals surface area contributed by atoms with Crippen molar-refractivity contribution in [1.29, 1.82) is 0 Å². The second kappa shape index (κ2) is 7.64. The molecule has 0 spiro atoms. The van der Waals surface area contributed by atoms with Crippen LogP contribution in [0.15, 0.2) is 48.5 Å². The molecule has 21 heavy (non-hydrogen) atoms. The van der Waals surface area contributed by atoms with E-state index in [0.29, 0.717) is 12.2 Å². The number of rotatable bonds is 7. The van der Waals surface area contributed by atoms with Crippen LogP contribution in [-0.4, -0.2) is 32.1 Å². The predicted molar refractivity (Wildman–Crippen MR) is 84.2 cm³/mol. The second-order valence-corrected chi connectivity index (χ2v) is 4.99. The Hall–Kier alpha value is -2.07. The number of nitrogens with one attached hydrogen (secondary N) is 1. The second-order valence-electron chi connectivity index (χ2n) is 4.99. The van der Waals surface area contributed by atoms with E-state index in [-0.39, 0.29) is 5.82 Å². The largest absolute Gasteiger partial charge is 0.497 e. The average Bonchev–Trinajstić information content (AvgIpc) is 2.50. The molecule has 0 atom stereocenters. The van der Waals surface area contributed by atoms with Gasteiger partial charge in [-0.2, -0.15) is 0 Å². The molecule has 2 aromatic rings. The van der Waals surface area contributed by atoms with Crippen molar-refractivity contribution in [2.24, 2.45) is 0 Å². The highest BCUT2D eigenvalue weighted by Gasteiger charge is 2.02. The summed E-state index contributed by atoms with van der Waals surface area (Å²) in [5.41, 5.74) is 1.78. The molecule has 0 saturated heterocycles. The SMILES string of the molecule is COc1ccc(CN(C)CCNc2ccccc2F)cc1. The van der Waals surface area contributed by atoms with Crippen LogP contribution in [0.1, 0.15) is 5.56 Å². The number of hydrogen-bond acceptors (Lipinski definition) is 3. The lowest BCUT2D eigenvalue weighted by Gasteiger charge is -2.17. The molecule has 4 heteroatoms. The molecule has 2 aromatic carbocycles. The molecule has 0 bridgehead atoms. The van der Waals surface area contributed by atoms with Gasteiger partial charge in [-0.25, -0.2) is 4.39 Å². The fraction of sp³-hybridized carbons (Fsp3) is 0.294. The predicted octanol–water partition coefficient (Wildman–Crippen LogP) is 3.38. The first kappa shape index (κ1) is 15.3. The van der Waals surface area contributed by atoms with Crippen molar-refractivity contribution in [3.8, 4) is 5.75 Å². The molecule has 0 heterocycles. The molecular weight excluding hydrogens is 267 g/mol. The third kappa shape index (κ3) is 4.76. The van der Waals surface area contributed by atoms with Gasteiger partial charge in [-0.1, -0.05) is 24.3 Å². The summed E-state index contributed by atoms with van der Waals surface area (Å²) in [5, 5.41) is 3.11. The number of likely N-dealkylation sites (N-methyl/N-ethyl adjacent to an activating group) is 1. The summed E-state index contributed by atoms with van der Waals surface area (Å²) in [6, 6.07) is 14.8. The van der Waals surface area contributed by atoms with E-state index >= 15 is 0 Å². The van der Waals surface area contributed by atoms with E-state index in [2.05, 4.69) is 22.3 Å². The van der Waals surface area contributed by atoms with Crippen molar-refractivity contribution < 1.29 is 9.13 Å². The summed E-state index contributed by atoms with van der Waals surface area (Å²) in [6.07, 6.45) is 0. The van der Waals surface area contributed by atoms with Gasteiger partial charge in [-0.15, -0.1) is 0 Å². The van der Waals surface area contributed by atoms with Gasteiger partial charge in [0.05, 0.1) is 12.8 Å². The van der Waals surface area contributed by atoms with Crippen LogP contribution in [0.5, 0.6) is 5.75 Å². The summed E-state index contributed by atoms with van der Waals surface area (Å²) in [6.45, 7) is 2.39. The Kier molecular flexibility index (Phi) is 5.58. The first-order valence-corrected chi connectivity index (χ1v) is 6.99. The number of benzene rings is 2. The molecule has 1 N–H and O–H groups in total. The molecule has 0 unspecified atom stereocenters. The normalized spacial score (nSPS) is 10.7. The number of halogens is 1. The Morgan fingerprint density at radius 1 is 1.10 bits per heavy atom. The summed E-state index contributed by atoms with van der Waals surface area (Å²) in [7, 11) is 3.71. The minimum absolute atomic E-state index is 0.213. The van der Waals surface area contributed by atoms with Gasteiger partial charge in [-0.3, -0.25) is 0 Å². The zero-order chi connectivity index (χ0) is 15.1. The van der Waals surface area contributed by atoms with Gasteiger partial charge in [-0.05, 0) is 36.9 Å². The Morgan fingerprint density at radius 2 is 1.81 bits per heavy atom. The number of nitrogens with zero attached hydrogens (tertiary/aromatic N) is 1. The monoisotopic (exact) mass is 288 g/mol. The fourth-order valence-corrected chi connectivity index (χ4v) is 2.11. The van der Waals surface area contributed by atoms with Crippen molar-refractivity contribution in [3.63, 3.8) is 0 Å². The summed E-state index contributed by atoms with van der Waals surface area (Å²) in [5.74, 6) is 0.651. The molecule has 0 fully saturated rings. The van der Waals surface area contributed by atoms with Crippen LogP contribution < -0.4 is 10.1 Å². The highest BCUT2D eigenvalue weighted by molar-refractivity contribution is 5.44. The molecule has 0 amide bonds. The quantitative estimate of drug-likeness (QED) is 0.845. The van der Waals surface area contributed by atoms with E-state index in [1.165, 1.54) is 11.6 Å². The molecule has 0 aliphatic rings. The van der Waals surface area contributed by atoms with Crippen LogP contribution in [0, 0.1) is 5.82 Å². The summed E-state index contributed by atoms with van der Waals surface area (Å²) < 4.78 is 18.6. The minimum atomic E-state index is -0.213. The molecule has 3 nitrogen and oxygen atoms in total. The number of hydrogen-bond donors (Lipinski definition) is 1. The van der Waals surface area contributed by atoms with Crippen molar-refractivity contribution in [2.45, 2.75) is 6.54 Å². The van der Waals surface area contributed by atoms with E-state index in [9.17, 15) is 4.39 Å². The van der Waals surface area contributed by atoms with Crippen molar-refractivity contribution in [2.75, 3.05) is 32.6 Å². The van der Waals surface area contributed by atoms with Crippen LogP contribution in [-0.2, 0) is 6.54 Å². The average molecular weight is 288 g/mol. The first-order valence-electron chi connectivity index (χ1n) is 6.99. The Bertz CT molecular complexity index is 557. The lowest BCUT2D eigenvalue weighted by molar-refractivity contribution is 0.339. The molecule has 0 aromatic heterocycles. The van der Waals surface area contributed by atoms with E-state index in [1.807, 2.05) is 25.2 Å². The van der Waals surface area contributed by atoms with Gasteiger partial charge in [0.2, 0.25) is 0 Å². The topological polar surface area (TPSA) is 24.5 Å². The first-order chi connectivity index (χ1) is 10.2. The number of methoxy groups -OCH3 is 1. The highest BCUT2D eigenvalue weighted by atomic mass is 19.1. The van der Waals surface area contributed by atoms with Gasteiger partial charge < -0.3 is 15.0 Å². The lowest BCUT2D eigenvalue weighted by Crippen LogP contribution is -2.25. The molecule has 0 radical (unpaired) electrons. The zero-order valence-electron chi connectivity index (χ0n) is 12.5. The van der Waals surface area contributed by atoms with Crippen LogP contribution in [0.3, 0.4) is 0 Å². The Morgan fingerprint density at radius 3 is 2.48 bits per heavy atom. The van der Waals surface area contributed by atoms with Crippen molar-refractivity contribution >= 4 is 5.69 Å². The fourth-order valence-electron chi connectivity index (χ4n) is 2.11. The van der Waals surface area contributed by atoms with Crippen molar-refractivity contribution in [3.05, 3.63) is 59.9 Å². The highest BCUT2D eigenvalue weighted by Crippen LogP contribution is 2.13. The van der Waals surface area contributed by atoms with E-state index in [4.69, 9.17) is 4.74 Å². The number of ether oxygens (including phenoxy) is 1. The van der Waals surface area contributed by atoms with Crippen LogP contribution in [0.4, 0.5) is 10.1 Å². The standard InChI is InChI=1S/C17H21FN2O/c1-20(13-14-7-9-15(21-2)10-8-14)12-11-19-17-6-4-3-5-16(17)18/h3-10,19H,11-13H2,1-2H3. The third-order valence-electron chi connectivity index (χ3n) is 3.29. The zero-order valence-corrected chi connectivity index (χ0v) is 12.5. The smallest absolute Gasteiger partial charge is 0.146 e. The van der Waals surface area contributed by atoms with E-state index in [0.717, 1.165) is 18.8 Å². The maximum atomic E-state index is 13.4. The Balaban J connectivity index is 1.76. The van der Waals surface area contributed by atoms with Gasteiger partial charge >= 0.3 is 0 Å². The maximum Gasteiger partial charge on any atom is 0.146 e. The van der Waals surface area contributed by atoms with Crippen molar-refractivity contribution in [1.82, 2.24) is 4.90 Å². The molecule has 0 aliphatic carbocycles. The number of para-hydroxylation sites is 1. The van der Waals surface area contributed by atoms with Gasteiger partial charge in [0.25, 0.3) is 0 Å². The third-order valence-corrected chi connectivity index (χ3v) is 3.29. The summed E-state index contributed by atoms with van der Waals surface area (Å²) in [4.78, 5) is 2.19. The lowest BCUT2D eigenvalue weighted by atomic mass is 10.2. The van der Waals surface area contributed by atoms with E-state index in [1.54, 1.807) is 19.2 Å². The van der Waals surface area contributed by atoms with Crippen LogP contribution in [0.25, 0.3) is 0 Å².